The van der Waals surface area contributed by atoms with Gasteiger partial charge in [0.25, 0.3) is 0 Å². The monoisotopic (exact) mass is 426 g/mol. The average molecular weight is 426 g/mol. The number of rotatable bonds is 5. The predicted octanol–water partition coefficient (Wildman–Crippen LogP) is 5.00. The Hall–Kier alpha value is -3.55. The molecule has 0 fully saturated rings. The highest BCUT2D eigenvalue weighted by molar-refractivity contribution is 5.64. The van der Waals surface area contributed by atoms with Crippen LogP contribution in [0, 0.1) is 11.3 Å². The number of nitriles is 1. The molecule has 0 aliphatic heterocycles. The second-order valence-corrected chi connectivity index (χ2v) is 6.17. The first-order chi connectivity index (χ1) is 14.1. The Morgan fingerprint density at radius 1 is 0.933 bits per heavy atom. The van der Waals surface area contributed by atoms with Gasteiger partial charge < -0.3 is 4.74 Å². The summed E-state index contributed by atoms with van der Waals surface area (Å²) in [6.07, 6.45) is -9.68. The summed E-state index contributed by atoms with van der Waals surface area (Å²) >= 11 is 0. The molecule has 0 aliphatic rings. The van der Waals surface area contributed by atoms with E-state index in [1.54, 1.807) is 24.3 Å². The predicted molar refractivity (Wildman–Crippen MR) is 92.2 cm³/mol. The Morgan fingerprint density at radius 2 is 1.60 bits per heavy atom. The SMILES string of the molecule is N#Cc1n[nH]nc1-c1cccc(CCOc2cc(C(F)(F)F)cc(C(F)(F)F)c2)c1. The van der Waals surface area contributed by atoms with Gasteiger partial charge in [0, 0.05) is 12.0 Å². The van der Waals surface area contributed by atoms with Crippen LogP contribution in [0.5, 0.6) is 5.75 Å². The molecule has 0 amide bonds. The van der Waals surface area contributed by atoms with E-state index >= 15 is 0 Å². The van der Waals surface area contributed by atoms with Crippen molar-refractivity contribution in [1.82, 2.24) is 15.4 Å². The molecule has 0 saturated carbocycles. The zero-order chi connectivity index (χ0) is 21.9. The van der Waals surface area contributed by atoms with Crippen molar-refractivity contribution in [3.63, 3.8) is 0 Å². The molecule has 0 unspecified atom stereocenters. The Balaban J connectivity index is 1.76. The van der Waals surface area contributed by atoms with Crippen LogP contribution in [0.25, 0.3) is 11.3 Å². The highest BCUT2D eigenvalue weighted by Gasteiger charge is 2.37. The highest BCUT2D eigenvalue weighted by Crippen LogP contribution is 2.38. The van der Waals surface area contributed by atoms with Crippen molar-refractivity contribution in [2.45, 2.75) is 18.8 Å². The number of halogens is 6. The summed E-state index contributed by atoms with van der Waals surface area (Å²) in [7, 11) is 0. The molecule has 0 saturated heterocycles. The van der Waals surface area contributed by atoms with Crippen LogP contribution in [0.15, 0.2) is 42.5 Å². The fourth-order valence-corrected chi connectivity index (χ4v) is 2.68. The zero-order valence-electron chi connectivity index (χ0n) is 15.0. The molecule has 0 radical (unpaired) electrons. The lowest BCUT2D eigenvalue weighted by molar-refractivity contribution is -0.143. The molecule has 5 nitrogen and oxygen atoms in total. The fraction of sp³-hybridized carbons (Fsp3) is 0.211. The van der Waals surface area contributed by atoms with E-state index < -0.39 is 29.2 Å². The standard InChI is InChI=1S/C19H12F6N4O/c20-18(21,22)13-7-14(19(23,24)25)9-15(8-13)30-5-4-11-2-1-3-12(6-11)17-16(10-26)27-29-28-17/h1-3,6-9H,4-5H2,(H,27,28,29). The summed E-state index contributed by atoms with van der Waals surface area (Å²) in [5.74, 6) is -0.531. The largest absolute Gasteiger partial charge is 0.493 e. The molecule has 1 aromatic heterocycles. The van der Waals surface area contributed by atoms with Crippen molar-refractivity contribution in [2.75, 3.05) is 6.61 Å². The third-order valence-corrected chi connectivity index (χ3v) is 4.07. The number of benzene rings is 2. The molecule has 0 spiro atoms. The molecule has 3 aromatic rings. The van der Waals surface area contributed by atoms with E-state index in [9.17, 15) is 26.3 Å². The Labute approximate surface area is 165 Å². The van der Waals surface area contributed by atoms with Crippen LogP contribution in [-0.4, -0.2) is 22.0 Å². The van der Waals surface area contributed by atoms with Gasteiger partial charge in [-0.15, -0.1) is 5.10 Å². The normalized spacial score (nSPS) is 11.9. The molecule has 0 bridgehead atoms. The maximum absolute atomic E-state index is 12.9. The zero-order valence-corrected chi connectivity index (χ0v) is 15.0. The molecule has 0 aliphatic carbocycles. The van der Waals surface area contributed by atoms with E-state index in [0.29, 0.717) is 29.0 Å². The topological polar surface area (TPSA) is 74.6 Å². The molecular weight excluding hydrogens is 414 g/mol. The van der Waals surface area contributed by atoms with Crippen molar-refractivity contribution in [1.29, 1.82) is 5.26 Å². The van der Waals surface area contributed by atoms with E-state index in [0.717, 1.165) is 0 Å². The minimum atomic E-state index is -4.94. The van der Waals surface area contributed by atoms with Crippen LogP contribution < -0.4 is 4.74 Å². The van der Waals surface area contributed by atoms with E-state index in [2.05, 4.69) is 15.4 Å². The van der Waals surface area contributed by atoms with Gasteiger partial charge in [-0.2, -0.15) is 41.9 Å². The maximum atomic E-state index is 12.9. The lowest BCUT2D eigenvalue weighted by atomic mass is 10.1. The molecule has 2 aromatic carbocycles. The van der Waals surface area contributed by atoms with Crippen LogP contribution in [0.3, 0.4) is 0 Å². The fourth-order valence-electron chi connectivity index (χ4n) is 2.68. The van der Waals surface area contributed by atoms with Crippen LogP contribution >= 0.6 is 0 Å². The summed E-state index contributed by atoms with van der Waals surface area (Å²) < 4.78 is 82.6. The third kappa shape index (κ3) is 4.89. The van der Waals surface area contributed by atoms with Crippen molar-refractivity contribution >= 4 is 0 Å². The quantitative estimate of drug-likeness (QED) is 0.583. The van der Waals surface area contributed by atoms with E-state index in [4.69, 9.17) is 10.00 Å². The van der Waals surface area contributed by atoms with E-state index in [1.165, 1.54) is 0 Å². The van der Waals surface area contributed by atoms with Gasteiger partial charge in [0.1, 0.15) is 17.5 Å². The first-order valence-electron chi connectivity index (χ1n) is 8.40. The van der Waals surface area contributed by atoms with Crippen molar-refractivity contribution in [2.24, 2.45) is 0 Å². The molecule has 1 N–H and O–H groups in total. The molecule has 1 heterocycles. The second kappa shape index (κ2) is 8.06. The smallest absolute Gasteiger partial charge is 0.416 e. The molecule has 30 heavy (non-hydrogen) atoms. The number of H-pyrrole nitrogens is 1. The summed E-state index contributed by atoms with van der Waals surface area (Å²) in [4.78, 5) is 0. The summed E-state index contributed by atoms with van der Waals surface area (Å²) in [5, 5.41) is 18.9. The van der Waals surface area contributed by atoms with Gasteiger partial charge in [0.15, 0.2) is 5.69 Å². The molecule has 11 heteroatoms. The number of nitrogens with zero attached hydrogens (tertiary/aromatic N) is 3. The van der Waals surface area contributed by atoms with Gasteiger partial charge in [-0.05, 0) is 29.8 Å². The second-order valence-electron chi connectivity index (χ2n) is 6.17. The van der Waals surface area contributed by atoms with Gasteiger partial charge in [-0.25, -0.2) is 0 Å². The number of hydrogen-bond donors (Lipinski definition) is 1. The van der Waals surface area contributed by atoms with Gasteiger partial charge in [0.05, 0.1) is 17.7 Å². The number of nitrogens with one attached hydrogen (secondary N) is 1. The number of alkyl halides is 6. The molecule has 3 rings (SSSR count). The lowest BCUT2D eigenvalue weighted by Gasteiger charge is -2.15. The average Bonchev–Trinajstić information content (AvgIpc) is 3.15. The van der Waals surface area contributed by atoms with Crippen LogP contribution in [-0.2, 0) is 18.8 Å². The molecule has 156 valence electrons. The van der Waals surface area contributed by atoms with Crippen molar-refractivity contribution in [3.8, 4) is 23.1 Å². The van der Waals surface area contributed by atoms with Gasteiger partial charge in [0.2, 0.25) is 0 Å². The molecular formula is C19H12F6N4O. The van der Waals surface area contributed by atoms with E-state index in [1.807, 2.05) is 6.07 Å². The Kier molecular flexibility index (Phi) is 5.69. The van der Waals surface area contributed by atoms with E-state index in [-0.39, 0.29) is 24.8 Å². The van der Waals surface area contributed by atoms with Gasteiger partial charge >= 0.3 is 12.4 Å². The lowest BCUT2D eigenvalue weighted by Crippen LogP contribution is -2.12. The number of aromatic amines is 1. The number of aromatic nitrogens is 3. The first-order valence-corrected chi connectivity index (χ1v) is 8.40. The highest BCUT2D eigenvalue weighted by atomic mass is 19.4. The Morgan fingerprint density at radius 3 is 2.20 bits per heavy atom. The van der Waals surface area contributed by atoms with Crippen molar-refractivity contribution in [3.05, 3.63) is 64.8 Å². The van der Waals surface area contributed by atoms with Crippen LogP contribution in [0.2, 0.25) is 0 Å². The number of ether oxygens (including phenoxy) is 1. The van der Waals surface area contributed by atoms with Crippen LogP contribution in [0.4, 0.5) is 26.3 Å². The Bertz CT molecular complexity index is 1050. The van der Waals surface area contributed by atoms with Gasteiger partial charge in [-0.3, -0.25) is 0 Å². The minimum absolute atomic E-state index is 0.0427. The summed E-state index contributed by atoms with van der Waals surface area (Å²) in [6.45, 7) is -0.161. The maximum Gasteiger partial charge on any atom is 0.416 e. The summed E-state index contributed by atoms with van der Waals surface area (Å²) in [6, 6.07) is 9.71. The van der Waals surface area contributed by atoms with Gasteiger partial charge in [-0.1, -0.05) is 18.2 Å². The minimum Gasteiger partial charge on any atom is -0.493 e. The molecule has 0 atom stereocenters. The van der Waals surface area contributed by atoms with Crippen molar-refractivity contribution < 1.29 is 31.1 Å². The number of hydrogen-bond acceptors (Lipinski definition) is 4. The van der Waals surface area contributed by atoms with Crippen LogP contribution in [0.1, 0.15) is 22.4 Å². The summed E-state index contributed by atoms with van der Waals surface area (Å²) in [5.41, 5.74) is -1.20. The first kappa shape index (κ1) is 21.2. The third-order valence-electron chi connectivity index (χ3n) is 4.07.